The maximum atomic E-state index is 13.0. The van der Waals surface area contributed by atoms with E-state index < -0.39 is 5.82 Å². The van der Waals surface area contributed by atoms with E-state index in [1.54, 1.807) is 0 Å². The molecule has 2 unspecified atom stereocenters. The average molecular weight is 195 g/mol. The SMILES string of the molecule is Oc1cc2c(cc1F)CCC1OC1N2. The van der Waals surface area contributed by atoms with Crippen LogP contribution in [0.5, 0.6) is 5.75 Å². The lowest BCUT2D eigenvalue weighted by Crippen LogP contribution is -2.05. The predicted octanol–water partition coefficient (Wildman–Crippen LogP) is 1.61. The van der Waals surface area contributed by atoms with Crippen LogP contribution in [0.2, 0.25) is 0 Å². The standard InChI is InChI=1S/C10H10FNO2/c11-6-3-5-1-2-9-10(14-9)12-7(5)4-8(6)13/h3-4,9-10,12-13H,1-2H2. The molecular formula is C10H10FNO2. The van der Waals surface area contributed by atoms with Crippen LogP contribution >= 0.6 is 0 Å². The van der Waals surface area contributed by atoms with Crippen molar-refractivity contribution in [1.82, 2.24) is 0 Å². The summed E-state index contributed by atoms with van der Waals surface area (Å²) in [6, 6.07) is 2.82. The number of benzene rings is 1. The van der Waals surface area contributed by atoms with E-state index in [4.69, 9.17) is 4.74 Å². The molecule has 1 aromatic rings. The van der Waals surface area contributed by atoms with Crippen molar-refractivity contribution >= 4 is 5.69 Å². The molecule has 4 heteroatoms. The zero-order chi connectivity index (χ0) is 9.71. The van der Waals surface area contributed by atoms with Crippen LogP contribution in [0.4, 0.5) is 10.1 Å². The lowest BCUT2D eigenvalue weighted by molar-refractivity contribution is 0.370. The summed E-state index contributed by atoms with van der Waals surface area (Å²) < 4.78 is 18.3. The number of phenolic OH excluding ortho intramolecular Hbond substituents is 1. The smallest absolute Gasteiger partial charge is 0.165 e. The molecule has 1 fully saturated rings. The fourth-order valence-electron chi connectivity index (χ4n) is 1.88. The molecule has 0 aliphatic carbocycles. The van der Waals surface area contributed by atoms with Gasteiger partial charge in [0.2, 0.25) is 0 Å². The van der Waals surface area contributed by atoms with Gasteiger partial charge in [0.05, 0.1) is 0 Å². The number of epoxide rings is 1. The minimum Gasteiger partial charge on any atom is -0.505 e. The molecule has 0 aromatic heterocycles. The van der Waals surface area contributed by atoms with Gasteiger partial charge in [-0.05, 0) is 24.5 Å². The molecule has 74 valence electrons. The number of hydrogen-bond acceptors (Lipinski definition) is 3. The Morgan fingerprint density at radius 3 is 3.21 bits per heavy atom. The van der Waals surface area contributed by atoms with Crippen LogP contribution in [0.1, 0.15) is 12.0 Å². The quantitative estimate of drug-likeness (QED) is 0.618. The van der Waals surface area contributed by atoms with E-state index >= 15 is 0 Å². The van der Waals surface area contributed by atoms with Crippen molar-refractivity contribution in [3.8, 4) is 5.75 Å². The Balaban J connectivity index is 2.04. The van der Waals surface area contributed by atoms with Crippen LogP contribution in [0.25, 0.3) is 0 Å². The number of nitrogens with one attached hydrogen (secondary N) is 1. The number of phenols is 1. The van der Waals surface area contributed by atoms with Crippen molar-refractivity contribution in [2.24, 2.45) is 0 Å². The topological polar surface area (TPSA) is 44.8 Å². The largest absolute Gasteiger partial charge is 0.505 e. The molecule has 0 bridgehead atoms. The number of halogens is 1. The number of aryl methyl sites for hydroxylation is 1. The summed E-state index contributed by atoms with van der Waals surface area (Å²) in [5.74, 6) is -0.864. The van der Waals surface area contributed by atoms with Crippen molar-refractivity contribution in [2.75, 3.05) is 5.32 Å². The van der Waals surface area contributed by atoms with Crippen LogP contribution in [-0.4, -0.2) is 17.4 Å². The van der Waals surface area contributed by atoms with E-state index in [9.17, 15) is 9.50 Å². The van der Waals surface area contributed by atoms with Gasteiger partial charge in [0.25, 0.3) is 0 Å². The average Bonchev–Trinajstić information content (AvgIpc) is 2.86. The van der Waals surface area contributed by atoms with Crippen LogP contribution in [0.3, 0.4) is 0 Å². The Morgan fingerprint density at radius 1 is 1.50 bits per heavy atom. The molecule has 3 nitrogen and oxygen atoms in total. The highest BCUT2D eigenvalue weighted by atomic mass is 19.1. The van der Waals surface area contributed by atoms with Gasteiger partial charge in [0.15, 0.2) is 17.8 Å². The van der Waals surface area contributed by atoms with Crippen molar-refractivity contribution in [2.45, 2.75) is 25.2 Å². The first kappa shape index (κ1) is 8.05. The first-order valence-corrected chi connectivity index (χ1v) is 4.67. The second kappa shape index (κ2) is 2.60. The molecule has 1 saturated heterocycles. The summed E-state index contributed by atoms with van der Waals surface area (Å²) in [5.41, 5.74) is 1.70. The molecule has 2 atom stereocenters. The second-order valence-corrected chi connectivity index (χ2v) is 3.74. The third-order valence-electron chi connectivity index (χ3n) is 2.75. The zero-order valence-electron chi connectivity index (χ0n) is 7.46. The van der Waals surface area contributed by atoms with Crippen molar-refractivity contribution in [3.63, 3.8) is 0 Å². The first-order chi connectivity index (χ1) is 6.74. The minimum atomic E-state index is -0.554. The summed E-state index contributed by atoms with van der Waals surface area (Å²) in [6.07, 6.45) is 2.02. The van der Waals surface area contributed by atoms with E-state index in [2.05, 4.69) is 5.32 Å². The van der Waals surface area contributed by atoms with Crippen molar-refractivity contribution in [3.05, 3.63) is 23.5 Å². The molecule has 14 heavy (non-hydrogen) atoms. The Labute approximate surface area is 80.5 Å². The molecule has 2 heterocycles. The van der Waals surface area contributed by atoms with Gasteiger partial charge < -0.3 is 15.2 Å². The summed E-state index contributed by atoms with van der Waals surface area (Å²) in [4.78, 5) is 0. The lowest BCUT2D eigenvalue weighted by atomic mass is 10.1. The lowest BCUT2D eigenvalue weighted by Gasteiger charge is -2.09. The fraction of sp³-hybridized carbons (Fsp3) is 0.400. The van der Waals surface area contributed by atoms with Crippen LogP contribution in [-0.2, 0) is 11.2 Å². The van der Waals surface area contributed by atoms with E-state index in [0.29, 0.717) is 0 Å². The molecule has 0 amide bonds. The minimum absolute atomic E-state index is 0.0566. The van der Waals surface area contributed by atoms with Gasteiger partial charge in [0, 0.05) is 11.8 Å². The summed E-state index contributed by atoms with van der Waals surface area (Å²) in [7, 11) is 0. The maximum absolute atomic E-state index is 13.0. The Bertz CT molecular complexity index is 394. The Kier molecular flexibility index (Phi) is 1.50. The third kappa shape index (κ3) is 1.14. The third-order valence-corrected chi connectivity index (χ3v) is 2.75. The van der Waals surface area contributed by atoms with E-state index in [-0.39, 0.29) is 18.1 Å². The van der Waals surface area contributed by atoms with Crippen molar-refractivity contribution in [1.29, 1.82) is 0 Å². The van der Waals surface area contributed by atoms with E-state index in [1.165, 1.54) is 12.1 Å². The molecule has 1 aromatic carbocycles. The Hall–Kier alpha value is -1.29. The number of ether oxygens (including phenoxy) is 1. The van der Waals surface area contributed by atoms with E-state index in [1.807, 2.05) is 0 Å². The first-order valence-electron chi connectivity index (χ1n) is 4.67. The predicted molar refractivity (Wildman–Crippen MR) is 48.7 cm³/mol. The second-order valence-electron chi connectivity index (χ2n) is 3.74. The highest BCUT2D eigenvalue weighted by Crippen LogP contribution is 2.36. The molecular weight excluding hydrogens is 185 g/mol. The number of hydrogen-bond donors (Lipinski definition) is 2. The fourth-order valence-corrected chi connectivity index (χ4v) is 1.88. The van der Waals surface area contributed by atoms with Gasteiger partial charge in [0.1, 0.15) is 6.10 Å². The molecule has 2 N–H and O–H groups in total. The molecule has 3 rings (SSSR count). The maximum Gasteiger partial charge on any atom is 0.165 e. The molecule has 2 aliphatic heterocycles. The van der Waals surface area contributed by atoms with Gasteiger partial charge in [-0.15, -0.1) is 0 Å². The number of rotatable bonds is 0. The zero-order valence-corrected chi connectivity index (χ0v) is 7.46. The van der Waals surface area contributed by atoms with Gasteiger partial charge in [-0.25, -0.2) is 4.39 Å². The summed E-state index contributed by atoms with van der Waals surface area (Å²) >= 11 is 0. The van der Waals surface area contributed by atoms with Crippen LogP contribution in [0, 0.1) is 5.82 Å². The van der Waals surface area contributed by atoms with Gasteiger partial charge in [-0.1, -0.05) is 0 Å². The molecule has 0 radical (unpaired) electrons. The van der Waals surface area contributed by atoms with Gasteiger partial charge in [-0.2, -0.15) is 0 Å². The summed E-state index contributed by atoms with van der Waals surface area (Å²) in [5, 5.41) is 12.3. The molecule has 0 saturated carbocycles. The van der Waals surface area contributed by atoms with Crippen LogP contribution in [0.15, 0.2) is 12.1 Å². The van der Waals surface area contributed by atoms with E-state index in [0.717, 1.165) is 24.1 Å². The molecule has 0 spiro atoms. The van der Waals surface area contributed by atoms with Crippen molar-refractivity contribution < 1.29 is 14.2 Å². The monoisotopic (exact) mass is 195 g/mol. The van der Waals surface area contributed by atoms with Gasteiger partial charge in [-0.3, -0.25) is 0 Å². The van der Waals surface area contributed by atoms with Crippen LogP contribution < -0.4 is 5.32 Å². The number of fused-ring (bicyclic) bond motifs is 2. The number of aromatic hydroxyl groups is 1. The Morgan fingerprint density at radius 2 is 2.36 bits per heavy atom. The number of anilines is 1. The highest BCUT2D eigenvalue weighted by molar-refractivity contribution is 5.57. The molecule has 2 aliphatic rings. The van der Waals surface area contributed by atoms with Gasteiger partial charge >= 0.3 is 0 Å². The highest BCUT2D eigenvalue weighted by Gasteiger charge is 2.40. The summed E-state index contributed by atoms with van der Waals surface area (Å²) in [6.45, 7) is 0. The normalized spacial score (nSPS) is 28.4.